The number of β-amino-alcohol motifs (C(OH)–C–C–N with tert-alkyl or cyclic N) is 1. The fraction of sp³-hybridized carbons (Fsp3) is 0.333. The fourth-order valence-electron chi connectivity index (χ4n) is 2.72. The van der Waals surface area contributed by atoms with Crippen LogP contribution in [0.3, 0.4) is 0 Å². The van der Waals surface area contributed by atoms with Crippen molar-refractivity contribution in [1.82, 2.24) is 10.2 Å². The first kappa shape index (κ1) is 14.0. The van der Waals surface area contributed by atoms with E-state index < -0.39 is 5.54 Å². The molecule has 1 amide bonds. The van der Waals surface area contributed by atoms with Gasteiger partial charge in [0.25, 0.3) is 0 Å². The Kier molecular flexibility index (Phi) is 3.43. The Morgan fingerprint density at radius 1 is 1.48 bits per heavy atom. The molecule has 1 fully saturated rings. The number of aliphatic hydroxyl groups is 1. The van der Waals surface area contributed by atoms with Crippen LogP contribution in [0.1, 0.15) is 18.9 Å². The molecule has 1 aliphatic heterocycles. The molecule has 1 atom stereocenters. The topological polar surface area (TPSA) is 76.4 Å². The molecule has 2 heterocycles. The van der Waals surface area contributed by atoms with Crippen LogP contribution in [-0.2, 0) is 10.3 Å². The predicted octanol–water partition coefficient (Wildman–Crippen LogP) is 1.87. The Balaban J connectivity index is 1.93. The number of amides is 1. The van der Waals surface area contributed by atoms with Gasteiger partial charge in [-0.05, 0) is 41.5 Å². The quantitative estimate of drug-likeness (QED) is 0.810. The molecule has 0 spiro atoms. The number of hydrogen-bond acceptors (Lipinski definition) is 4. The Bertz CT molecular complexity index is 692. The van der Waals surface area contributed by atoms with Crippen molar-refractivity contribution in [2.24, 2.45) is 0 Å². The lowest BCUT2D eigenvalue weighted by Gasteiger charge is -2.40. The van der Waals surface area contributed by atoms with Gasteiger partial charge in [0.2, 0.25) is 5.91 Å². The average Bonchev–Trinajstić information content (AvgIpc) is 2.90. The minimum Gasteiger partial charge on any atom is -0.395 e. The number of rotatable bonds is 3. The summed E-state index contributed by atoms with van der Waals surface area (Å²) in [6.45, 7) is 1.95. The maximum absolute atomic E-state index is 12.2. The molecule has 3 N–H and O–H groups in total. The summed E-state index contributed by atoms with van der Waals surface area (Å²) in [5.41, 5.74) is 0.408. The molecule has 1 aromatic heterocycles. The zero-order valence-electron chi connectivity index (χ0n) is 11.7. The smallest absolute Gasteiger partial charge is 0.232 e. The second-order valence-electron chi connectivity index (χ2n) is 5.42. The molecule has 0 bridgehead atoms. The van der Waals surface area contributed by atoms with E-state index in [0.717, 1.165) is 10.9 Å². The van der Waals surface area contributed by atoms with Crippen LogP contribution in [0.25, 0.3) is 10.1 Å². The van der Waals surface area contributed by atoms with E-state index in [1.807, 2.05) is 18.4 Å². The maximum atomic E-state index is 12.2. The lowest BCUT2D eigenvalue weighted by atomic mass is 9.86. The zero-order chi connectivity index (χ0) is 15.0. The van der Waals surface area contributed by atoms with Crippen molar-refractivity contribution >= 4 is 33.3 Å². The molecule has 6 heteroatoms. The highest BCUT2D eigenvalue weighted by molar-refractivity contribution is 7.17. The van der Waals surface area contributed by atoms with E-state index in [0.29, 0.717) is 0 Å². The van der Waals surface area contributed by atoms with Gasteiger partial charge in [0.1, 0.15) is 0 Å². The molecule has 0 radical (unpaired) electrons. The molecule has 21 heavy (non-hydrogen) atoms. The van der Waals surface area contributed by atoms with Crippen molar-refractivity contribution < 1.29 is 9.90 Å². The normalized spacial score (nSPS) is 22.7. The van der Waals surface area contributed by atoms with Gasteiger partial charge >= 0.3 is 0 Å². The van der Waals surface area contributed by atoms with Crippen molar-refractivity contribution in [3.05, 3.63) is 35.2 Å². The van der Waals surface area contributed by atoms with Crippen molar-refractivity contribution in [3.63, 3.8) is 0 Å². The van der Waals surface area contributed by atoms with Gasteiger partial charge in [-0.25, -0.2) is 0 Å². The van der Waals surface area contributed by atoms with Gasteiger partial charge in [0, 0.05) is 4.70 Å². The van der Waals surface area contributed by atoms with E-state index in [2.05, 4.69) is 23.5 Å². The standard InChI is InChI=1S/C15H17N3O2S/c1-15(9-13(20)18(5-6-19)14(16)17-15)11-2-3-12-10(8-11)4-7-21-12/h2-4,7-8,19H,5-6,9H2,1H3,(H2,16,17)/t15-/m0/s1. The van der Waals surface area contributed by atoms with Crippen LogP contribution in [0.4, 0.5) is 0 Å². The number of nitrogens with one attached hydrogen (secondary N) is 2. The molecule has 0 aliphatic carbocycles. The third-order valence-corrected chi connectivity index (χ3v) is 4.78. The van der Waals surface area contributed by atoms with Crippen LogP contribution in [0.15, 0.2) is 29.6 Å². The number of nitrogens with zero attached hydrogens (tertiary/aromatic N) is 1. The van der Waals surface area contributed by atoms with Crippen LogP contribution < -0.4 is 5.32 Å². The van der Waals surface area contributed by atoms with Crippen LogP contribution in [0.5, 0.6) is 0 Å². The first-order valence-electron chi connectivity index (χ1n) is 6.79. The summed E-state index contributed by atoms with van der Waals surface area (Å²) in [5.74, 6) is -0.0890. The summed E-state index contributed by atoms with van der Waals surface area (Å²) in [6.07, 6.45) is 0.269. The fourth-order valence-corrected chi connectivity index (χ4v) is 3.49. The molecule has 0 saturated carbocycles. The van der Waals surface area contributed by atoms with Gasteiger partial charge in [-0.1, -0.05) is 6.07 Å². The Morgan fingerprint density at radius 2 is 2.29 bits per heavy atom. The zero-order valence-corrected chi connectivity index (χ0v) is 12.5. The van der Waals surface area contributed by atoms with Gasteiger partial charge in [0.05, 0.1) is 25.1 Å². The molecular weight excluding hydrogens is 286 g/mol. The van der Waals surface area contributed by atoms with E-state index in [1.165, 1.54) is 9.60 Å². The minimum atomic E-state index is -0.587. The summed E-state index contributed by atoms with van der Waals surface area (Å²) in [4.78, 5) is 13.5. The van der Waals surface area contributed by atoms with E-state index in [9.17, 15) is 4.79 Å². The molecule has 5 nitrogen and oxygen atoms in total. The maximum Gasteiger partial charge on any atom is 0.232 e. The van der Waals surface area contributed by atoms with Crippen LogP contribution in [0.2, 0.25) is 0 Å². The second-order valence-corrected chi connectivity index (χ2v) is 6.37. The van der Waals surface area contributed by atoms with Gasteiger partial charge in [-0.15, -0.1) is 11.3 Å². The molecule has 1 aromatic carbocycles. The Hall–Kier alpha value is -1.92. The number of thiophene rings is 1. The Morgan fingerprint density at radius 3 is 3.00 bits per heavy atom. The number of guanidine groups is 1. The summed E-state index contributed by atoms with van der Waals surface area (Å²) < 4.78 is 1.21. The van der Waals surface area contributed by atoms with Crippen LogP contribution >= 0.6 is 11.3 Å². The number of aliphatic hydroxyl groups excluding tert-OH is 1. The summed E-state index contributed by atoms with van der Waals surface area (Å²) in [5, 5.41) is 23.3. The first-order valence-corrected chi connectivity index (χ1v) is 7.67. The third kappa shape index (κ3) is 2.41. The molecule has 0 unspecified atom stereocenters. The molecule has 110 valence electrons. The van der Waals surface area contributed by atoms with Gasteiger partial charge in [-0.3, -0.25) is 15.1 Å². The van der Waals surface area contributed by atoms with E-state index in [-0.39, 0.29) is 31.4 Å². The SMILES string of the molecule is C[C@@]1(c2ccc3sccc3c2)CC(=O)N(CCO)C(=N)N1. The number of hydrogen-bond donors (Lipinski definition) is 3. The number of carbonyl (C=O) groups is 1. The van der Waals surface area contributed by atoms with Crippen molar-refractivity contribution in [2.45, 2.75) is 18.9 Å². The van der Waals surface area contributed by atoms with E-state index in [4.69, 9.17) is 10.5 Å². The van der Waals surface area contributed by atoms with E-state index >= 15 is 0 Å². The third-order valence-electron chi connectivity index (χ3n) is 3.88. The van der Waals surface area contributed by atoms with Gasteiger partial charge in [0.15, 0.2) is 5.96 Å². The van der Waals surface area contributed by atoms with Gasteiger partial charge in [-0.2, -0.15) is 0 Å². The summed E-state index contributed by atoms with van der Waals surface area (Å²) in [6, 6.07) is 8.19. The largest absolute Gasteiger partial charge is 0.395 e. The van der Waals surface area contributed by atoms with Crippen LogP contribution in [0, 0.1) is 5.41 Å². The average molecular weight is 303 g/mol. The molecule has 1 saturated heterocycles. The lowest BCUT2D eigenvalue weighted by molar-refractivity contribution is -0.130. The highest BCUT2D eigenvalue weighted by atomic mass is 32.1. The number of carbonyl (C=O) groups excluding carboxylic acids is 1. The van der Waals surface area contributed by atoms with Crippen molar-refractivity contribution in [1.29, 1.82) is 5.41 Å². The highest BCUT2D eigenvalue weighted by Crippen LogP contribution is 2.32. The van der Waals surface area contributed by atoms with E-state index in [1.54, 1.807) is 11.3 Å². The highest BCUT2D eigenvalue weighted by Gasteiger charge is 2.39. The van der Waals surface area contributed by atoms with Crippen molar-refractivity contribution in [2.75, 3.05) is 13.2 Å². The molecule has 3 rings (SSSR count). The molecular formula is C15H17N3O2S. The predicted molar refractivity (Wildman–Crippen MR) is 83.5 cm³/mol. The number of fused-ring (bicyclic) bond motifs is 1. The van der Waals surface area contributed by atoms with Crippen LogP contribution in [-0.4, -0.2) is 35.0 Å². The summed E-state index contributed by atoms with van der Waals surface area (Å²) in [7, 11) is 0. The minimum absolute atomic E-state index is 0.0493. The van der Waals surface area contributed by atoms with Gasteiger partial charge < -0.3 is 10.4 Å². The molecule has 2 aromatic rings. The van der Waals surface area contributed by atoms with Crippen molar-refractivity contribution in [3.8, 4) is 0 Å². The number of benzene rings is 1. The molecule has 1 aliphatic rings. The lowest BCUT2D eigenvalue weighted by Crippen LogP contribution is -2.59. The summed E-state index contributed by atoms with van der Waals surface area (Å²) >= 11 is 1.68. The monoisotopic (exact) mass is 303 g/mol. The Labute approximate surface area is 126 Å². The second kappa shape index (κ2) is 5.13. The first-order chi connectivity index (χ1) is 10.0.